The van der Waals surface area contributed by atoms with E-state index in [-0.39, 0.29) is 5.02 Å². The SMILES string of the molecule is O=S(=O)(NC(c1ccccc1)c1ccccn1)c1ccc(Cl)cc1C(F)(F)F. The van der Waals surface area contributed by atoms with Crippen molar-refractivity contribution in [2.24, 2.45) is 0 Å². The topological polar surface area (TPSA) is 59.1 Å². The Hall–Kier alpha value is -2.42. The van der Waals surface area contributed by atoms with E-state index in [4.69, 9.17) is 11.6 Å². The molecule has 28 heavy (non-hydrogen) atoms. The average Bonchev–Trinajstić information content (AvgIpc) is 2.66. The third-order valence-electron chi connectivity index (χ3n) is 3.93. The van der Waals surface area contributed by atoms with Gasteiger partial charge in [-0.25, -0.2) is 8.42 Å². The van der Waals surface area contributed by atoms with Crippen LogP contribution in [-0.2, 0) is 16.2 Å². The molecule has 1 atom stereocenters. The van der Waals surface area contributed by atoms with Gasteiger partial charge in [-0.3, -0.25) is 4.98 Å². The summed E-state index contributed by atoms with van der Waals surface area (Å²) in [7, 11) is -4.55. The molecule has 0 saturated carbocycles. The minimum absolute atomic E-state index is 0.212. The van der Waals surface area contributed by atoms with E-state index in [9.17, 15) is 21.6 Å². The van der Waals surface area contributed by atoms with E-state index in [1.165, 1.54) is 6.20 Å². The molecule has 0 saturated heterocycles. The number of benzene rings is 2. The van der Waals surface area contributed by atoms with E-state index >= 15 is 0 Å². The van der Waals surface area contributed by atoms with Crippen LogP contribution >= 0.6 is 11.6 Å². The second-order valence-corrected chi connectivity index (χ2v) is 7.98. The van der Waals surface area contributed by atoms with Crippen molar-refractivity contribution in [1.82, 2.24) is 9.71 Å². The van der Waals surface area contributed by atoms with Crippen molar-refractivity contribution in [3.05, 3.63) is 94.8 Å². The first-order valence-corrected chi connectivity index (χ1v) is 9.89. The number of sulfonamides is 1. The van der Waals surface area contributed by atoms with Gasteiger partial charge in [-0.2, -0.15) is 17.9 Å². The first-order chi connectivity index (χ1) is 13.2. The van der Waals surface area contributed by atoms with E-state index in [1.807, 2.05) is 0 Å². The number of rotatable bonds is 5. The molecule has 3 aromatic rings. The summed E-state index contributed by atoms with van der Waals surface area (Å²) in [6, 6.07) is 14.9. The summed E-state index contributed by atoms with van der Waals surface area (Å²) in [5, 5.41) is -0.212. The smallest absolute Gasteiger partial charge is 0.259 e. The molecule has 0 aliphatic rings. The van der Waals surface area contributed by atoms with Gasteiger partial charge < -0.3 is 0 Å². The molecule has 0 aliphatic heterocycles. The predicted octanol–water partition coefficient (Wildman–Crippen LogP) is 4.82. The highest BCUT2D eigenvalue weighted by molar-refractivity contribution is 7.89. The van der Waals surface area contributed by atoms with Gasteiger partial charge in [0, 0.05) is 11.2 Å². The van der Waals surface area contributed by atoms with Gasteiger partial charge in [-0.15, -0.1) is 0 Å². The Balaban J connectivity index is 2.09. The zero-order chi connectivity index (χ0) is 20.4. The molecule has 0 fully saturated rings. The van der Waals surface area contributed by atoms with Gasteiger partial charge in [0.2, 0.25) is 10.0 Å². The molecular formula is C19H14ClF3N2O2S. The zero-order valence-electron chi connectivity index (χ0n) is 14.2. The molecule has 0 bridgehead atoms. The number of aromatic nitrogens is 1. The Labute approximate surface area is 165 Å². The van der Waals surface area contributed by atoms with Crippen molar-refractivity contribution >= 4 is 21.6 Å². The highest BCUT2D eigenvalue weighted by Gasteiger charge is 2.38. The van der Waals surface area contributed by atoms with E-state index in [1.54, 1.807) is 48.5 Å². The van der Waals surface area contributed by atoms with Gasteiger partial charge in [-0.05, 0) is 35.9 Å². The Morgan fingerprint density at radius 3 is 2.25 bits per heavy atom. The van der Waals surface area contributed by atoms with Gasteiger partial charge in [0.1, 0.15) is 0 Å². The van der Waals surface area contributed by atoms with Crippen LogP contribution in [0.15, 0.2) is 77.8 Å². The molecule has 1 N–H and O–H groups in total. The molecule has 1 aromatic heterocycles. The highest BCUT2D eigenvalue weighted by Crippen LogP contribution is 2.36. The van der Waals surface area contributed by atoms with Gasteiger partial charge in [0.15, 0.2) is 0 Å². The maximum Gasteiger partial charge on any atom is 0.417 e. The zero-order valence-corrected chi connectivity index (χ0v) is 15.8. The van der Waals surface area contributed by atoms with Crippen LogP contribution in [0.1, 0.15) is 22.9 Å². The fourth-order valence-electron chi connectivity index (χ4n) is 2.67. The van der Waals surface area contributed by atoms with E-state index in [2.05, 4.69) is 9.71 Å². The van der Waals surface area contributed by atoms with Crippen molar-refractivity contribution < 1.29 is 21.6 Å². The van der Waals surface area contributed by atoms with E-state index < -0.39 is 32.7 Å². The number of pyridine rings is 1. The lowest BCUT2D eigenvalue weighted by atomic mass is 10.0. The fraction of sp³-hybridized carbons (Fsp3) is 0.105. The number of alkyl halides is 3. The van der Waals surface area contributed by atoms with Crippen molar-refractivity contribution in [1.29, 1.82) is 0 Å². The number of nitrogens with one attached hydrogen (secondary N) is 1. The van der Waals surface area contributed by atoms with Crippen molar-refractivity contribution in [2.45, 2.75) is 17.1 Å². The van der Waals surface area contributed by atoms with Crippen LogP contribution in [0, 0.1) is 0 Å². The Kier molecular flexibility index (Phi) is 5.74. The number of halogens is 4. The maximum absolute atomic E-state index is 13.4. The van der Waals surface area contributed by atoms with Crippen LogP contribution in [0.3, 0.4) is 0 Å². The first kappa shape index (κ1) is 20.3. The summed E-state index contributed by atoms with van der Waals surface area (Å²) >= 11 is 5.65. The molecule has 4 nitrogen and oxygen atoms in total. The molecule has 9 heteroatoms. The first-order valence-electron chi connectivity index (χ1n) is 8.03. The van der Waals surface area contributed by atoms with Gasteiger partial charge in [0.25, 0.3) is 0 Å². The van der Waals surface area contributed by atoms with Crippen molar-refractivity contribution in [2.75, 3.05) is 0 Å². The lowest BCUT2D eigenvalue weighted by molar-refractivity contribution is -0.139. The molecule has 1 unspecified atom stereocenters. The predicted molar refractivity (Wildman–Crippen MR) is 99.3 cm³/mol. The molecule has 3 rings (SSSR count). The highest BCUT2D eigenvalue weighted by atomic mass is 35.5. The minimum atomic E-state index is -4.89. The van der Waals surface area contributed by atoms with Crippen LogP contribution in [0.5, 0.6) is 0 Å². The number of hydrogen-bond acceptors (Lipinski definition) is 3. The molecular weight excluding hydrogens is 413 g/mol. The summed E-state index contributed by atoms with van der Waals surface area (Å²) in [5.74, 6) is 0. The third kappa shape index (κ3) is 4.52. The van der Waals surface area contributed by atoms with Crippen LogP contribution < -0.4 is 4.72 Å². The van der Waals surface area contributed by atoms with Gasteiger partial charge >= 0.3 is 6.18 Å². The standard InChI is InChI=1S/C19H14ClF3N2O2S/c20-14-9-10-17(15(12-14)19(21,22)23)28(26,27)25-18(13-6-2-1-3-7-13)16-8-4-5-11-24-16/h1-12,18,25H. The summed E-state index contributed by atoms with van der Waals surface area (Å²) in [4.78, 5) is 3.25. The molecule has 2 aromatic carbocycles. The lowest BCUT2D eigenvalue weighted by Gasteiger charge is -2.20. The summed E-state index contributed by atoms with van der Waals surface area (Å²) in [6.45, 7) is 0. The molecule has 1 heterocycles. The van der Waals surface area contributed by atoms with Crippen LogP contribution in [0.2, 0.25) is 5.02 Å². The Bertz CT molecular complexity index is 1020. The minimum Gasteiger partial charge on any atom is -0.259 e. The van der Waals surface area contributed by atoms with Crippen molar-refractivity contribution in [3.63, 3.8) is 0 Å². The molecule has 0 amide bonds. The van der Waals surface area contributed by atoms with Crippen molar-refractivity contribution in [3.8, 4) is 0 Å². The van der Waals surface area contributed by atoms with E-state index in [0.29, 0.717) is 17.3 Å². The Morgan fingerprint density at radius 2 is 1.64 bits per heavy atom. The van der Waals surface area contributed by atoms with Crippen LogP contribution in [0.25, 0.3) is 0 Å². The molecule has 0 aliphatic carbocycles. The second kappa shape index (κ2) is 7.90. The molecule has 0 radical (unpaired) electrons. The quantitative estimate of drug-likeness (QED) is 0.636. The summed E-state index contributed by atoms with van der Waals surface area (Å²) < 4.78 is 68.2. The normalized spacial score (nSPS) is 13.3. The number of hydrogen-bond donors (Lipinski definition) is 1. The van der Waals surface area contributed by atoms with Crippen LogP contribution in [0.4, 0.5) is 13.2 Å². The lowest BCUT2D eigenvalue weighted by Crippen LogP contribution is -2.31. The van der Waals surface area contributed by atoms with Gasteiger partial charge in [0.05, 0.1) is 22.2 Å². The fourth-order valence-corrected chi connectivity index (χ4v) is 4.25. The van der Waals surface area contributed by atoms with E-state index in [0.717, 1.165) is 12.1 Å². The van der Waals surface area contributed by atoms with Gasteiger partial charge in [-0.1, -0.05) is 48.0 Å². The number of nitrogens with zero attached hydrogens (tertiary/aromatic N) is 1. The molecule has 146 valence electrons. The van der Waals surface area contributed by atoms with Crippen LogP contribution in [-0.4, -0.2) is 13.4 Å². The monoisotopic (exact) mass is 426 g/mol. The molecule has 0 spiro atoms. The third-order valence-corrected chi connectivity index (χ3v) is 5.64. The summed E-state index contributed by atoms with van der Waals surface area (Å²) in [5.41, 5.74) is -0.451. The largest absolute Gasteiger partial charge is 0.417 e. The maximum atomic E-state index is 13.4. The second-order valence-electron chi connectivity index (χ2n) is 5.86. The summed E-state index contributed by atoms with van der Waals surface area (Å²) in [6.07, 6.45) is -3.41. The average molecular weight is 427 g/mol. The Morgan fingerprint density at radius 1 is 0.964 bits per heavy atom.